The van der Waals surface area contributed by atoms with Gasteiger partial charge in [0.15, 0.2) is 0 Å². The predicted molar refractivity (Wildman–Crippen MR) is 80.9 cm³/mol. The van der Waals surface area contributed by atoms with E-state index >= 15 is 0 Å². The highest BCUT2D eigenvalue weighted by Gasteiger charge is 2.25. The second-order valence-corrected chi connectivity index (χ2v) is 5.75. The van der Waals surface area contributed by atoms with Gasteiger partial charge in [-0.05, 0) is 37.0 Å². The standard InChI is InChI=1S/C16H21N3O2/c20-15-8-7-14(16(21)18-15)17-11-12-3-5-13(6-4-12)19-9-1-2-10-19/h3-6,14,17H,1-2,7-11H2,(H,18,20,21). The molecule has 1 unspecified atom stereocenters. The summed E-state index contributed by atoms with van der Waals surface area (Å²) in [5.41, 5.74) is 2.43. The van der Waals surface area contributed by atoms with E-state index in [0.717, 1.165) is 18.7 Å². The van der Waals surface area contributed by atoms with Crippen molar-refractivity contribution in [2.75, 3.05) is 18.0 Å². The monoisotopic (exact) mass is 287 g/mol. The van der Waals surface area contributed by atoms with Crippen molar-refractivity contribution in [3.8, 4) is 0 Å². The topological polar surface area (TPSA) is 61.4 Å². The summed E-state index contributed by atoms with van der Waals surface area (Å²) in [5.74, 6) is -0.382. The molecule has 2 aliphatic heterocycles. The van der Waals surface area contributed by atoms with Crippen LogP contribution < -0.4 is 15.5 Å². The van der Waals surface area contributed by atoms with Crippen molar-refractivity contribution >= 4 is 17.5 Å². The van der Waals surface area contributed by atoms with Gasteiger partial charge in [-0.2, -0.15) is 0 Å². The van der Waals surface area contributed by atoms with Crippen molar-refractivity contribution in [3.63, 3.8) is 0 Å². The van der Waals surface area contributed by atoms with Crippen LogP contribution in [0.5, 0.6) is 0 Å². The zero-order valence-electron chi connectivity index (χ0n) is 12.1. The molecular weight excluding hydrogens is 266 g/mol. The van der Waals surface area contributed by atoms with E-state index in [2.05, 4.69) is 39.8 Å². The van der Waals surface area contributed by atoms with Crippen LogP contribution in [0.2, 0.25) is 0 Å². The molecule has 0 radical (unpaired) electrons. The summed E-state index contributed by atoms with van der Waals surface area (Å²) >= 11 is 0. The molecule has 0 spiro atoms. The second-order valence-electron chi connectivity index (χ2n) is 5.75. The minimum atomic E-state index is -0.263. The van der Waals surface area contributed by atoms with Crippen LogP contribution in [0, 0.1) is 0 Å². The summed E-state index contributed by atoms with van der Waals surface area (Å²) in [6, 6.07) is 8.24. The lowest BCUT2D eigenvalue weighted by atomic mass is 10.1. The predicted octanol–water partition coefficient (Wildman–Crippen LogP) is 1.18. The third-order valence-corrected chi connectivity index (χ3v) is 4.20. The van der Waals surface area contributed by atoms with Gasteiger partial charge in [0.1, 0.15) is 0 Å². The van der Waals surface area contributed by atoms with E-state index in [0.29, 0.717) is 19.4 Å². The van der Waals surface area contributed by atoms with Gasteiger partial charge in [0.2, 0.25) is 11.8 Å². The van der Waals surface area contributed by atoms with Gasteiger partial charge in [-0.1, -0.05) is 12.1 Å². The van der Waals surface area contributed by atoms with Gasteiger partial charge in [-0.25, -0.2) is 0 Å². The van der Waals surface area contributed by atoms with Crippen LogP contribution in [0.1, 0.15) is 31.2 Å². The number of piperidine rings is 1. The molecule has 0 bridgehead atoms. The lowest BCUT2D eigenvalue weighted by molar-refractivity contribution is -0.134. The first-order chi connectivity index (χ1) is 10.2. The van der Waals surface area contributed by atoms with Crippen molar-refractivity contribution in [1.29, 1.82) is 0 Å². The first-order valence-electron chi connectivity index (χ1n) is 7.63. The van der Waals surface area contributed by atoms with Gasteiger partial charge in [0, 0.05) is 31.7 Å². The highest BCUT2D eigenvalue weighted by Crippen LogP contribution is 2.20. The first-order valence-corrected chi connectivity index (χ1v) is 7.63. The molecule has 2 N–H and O–H groups in total. The summed E-state index contributed by atoms with van der Waals surface area (Å²) in [4.78, 5) is 25.1. The van der Waals surface area contributed by atoms with Gasteiger partial charge in [0.25, 0.3) is 0 Å². The summed E-state index contributed by atoms with van der Waals surface area (Å²) in [5, 5.41) is 5.58. The summed E-state index contributed by atoms with van der Waals surface area (Å²) in [7, 11) is 0. The molecular formula is C16H21N3O2. The Morgan fingerprint density at radius 2 is 1.86 bits per heavy atom. The van der Waals surface area contributed by atoms with Crippen molar-refractivity contribution < 1.29 is 9.59 Å². The molecule has 1 atom stereocenters. The number of nitrogens with zero attached hydrogens (tertiary/aromatic N) is 1. The number of amides is 2. The van der Waals surface area contributed by atoms with Crippen LogP contribution in [0.15, 0.2) is 24.3 Å². The number of hydrogen-bond acceptors (Lipinski definition) is 4. The molecule has 0 aromatic heterocycles. The summed E-state index contributed by atoms with van der Waals surface area (Å²) in [6.45, 7) is 2.94. The van der Waals surface area contributed by atoms with E-state index in [1.165, 1.54) is 18.5 Å². The zero-order chi connectivity index (χ0) is 14.7. The Hall–Kier alpha value is -1.88. The number of benzene rings is 1. The van der Waals surface area contributed by atoms with Crippen molar-refractivity contribution in [2.24, 2.45) is 0 Å². The summed E-state index contributed by atoms with van der Waals surface area (Å²) in [6.07, 6.45) is 3.55. The number of carbonyl (C=O) groups excluding carboxylic acids is 2. The molecule has 1 aromatic rings. The third kappa shape index (κ3) is 3.42. The van der Waals surface area contributed by atoms with E-state index < -0.39 is 0 Å². The van der Waals surface area contributed by atoms with Gasteiger partial charge < -0.3 is 10.2 Å². The molecule has 2 heterocycles. The molecule has 5 nitrogen and oxygen atoms in total. The average molecular weight is 287 g/mol. The number of imide groups is 1. The molecule has 3 rings (SSSR count). The maximum Gasteiger partial charge on any atom is 0.243 e. The van der Waals surface area contributed by atoms with Gasteiger partial charge in [-0.3, -0.25) is 14.9 Å². The van der Waals surface area contributed by atoms with Crippen LogP contribution in [0.4, 0.5) is 5.69 Å². The largest absolute Gasteiger partial charge is 0.372 e. The van der Waals surface area contributed by atoms with E-state index in [-0.39, 0.29) is 17.9 Å². The normalized spacial score (nSPS) is 22.5. The van der Waals surface area contributed by atoms with Crippen molar-refractivity contribution in [3.05, 3.63) is 29.8 Å². The fourth-order valence-electron chi connectivity index (χ4n) is 2.93. The lowest BCUT2D eigenvalue weighted by Crippen LogP contribution is -2.50. The Kier molecular flexibility index (Phi) is 4.20. The maximum absolute atomic E-state index is 11.7. The molecule has 112 valence electrons. The number of nitrogens with one attached hydrogen (secondary N) is 2. The third-order valence-electron chi connectivity index (χ3n) is 4.20. The van der Waals surface area contributed by atoms with Gasteiger partial charge in [0.05, 0.1) is 6.04 Å². The number of carbonyl (C=O) groups is 2. The van der Waals surface area contributed by atoms with Gasteiger partial charge >= 0.3 is 0 Å². The molecule has 0 aliphatic carbocycles. The zero-order valence-corrected chi connectivity index (χ0v) is 12.1. The minimum Gasteiger partial charge on any atom is -0.372 e. The first kappa shape index (κ1) is 14.1. The number of rotatable bonds is 4. The fraction of sp³-hybridized carbons (Fsp3) is 0.500. The number of anilines is 1. The maximum atomic E-state index is 11.7. The molecule has 2 fully saturated rings. The smallest absolute Gasteiger partial charge is 0.243 e. The van der Waals surface area contributed by atoms with Gasteiger partial charge in [-0.15, -0.1) is 0 Å². The fourth-order valence-corrected chi connectivity index (χ4v) is 2.93. The Labute approximate surface area is 124 Å². The highest BCUT2D eigenvalue weighted by molar-refractivity contribution is 6.00. The minimum absolute atomic E-state index is 0.173. The van der Waals surface area contributed by atoms with Crippen LogP contribution in [0.25, 0.3) is 0 Å². The molecule has 21 heavy (non-hydrogen) atoms. The van der Waals surface area contributed by atoms with Crippen LogP contribution in [0.3, 0.4) is 0 Å². The van der Waals surface area contributed by atoms with Crippen molar-refractivity contribution in [2.45, 2.75) is 38.3 Å². The van der Waals surface area contributed by atoms with E-state index in [1.54, 1.807) is 0 Å². The van der Waals surface area contributed by atoms with E-state index in [9.17, 15) is 9.59 Å². The molecule has 0 saturated carbocycles. The molecule has 2 aliphatic rings. The highest BCUT2D eigenvalue weighted by atomic mass is 16.2. The summed E-state index contributed by atoms with van der Waals surface area (Å²) < 4.78 is 0. The van der Waals surface area contributed by atoms with E-state index in [4.69, 9.17) is 0 Å². The Morgan fingerprint density at radius 3 is 2.52 bits per heavy atom. The Morgan fingerprint density at radius 1 is 1.14 bits per heavy atom. The van der Waals surface area contributed by atoms with Crippen molar-refractivity contribution in [1.82, 2.24) is 10.6 Å². The van der Waals surface area contributed by atoms with Crippen LogP contribution in [-0.2, 0) is 16.1 Å². The average Bonchev–Trinajstić information content (AvgIpc) is 3.01. The number of hydrogen-bond donors (Lipinski definition) is 2. The molecule has 2 saturated heterocycles. The Balaban J connectivity index is 1.53. The quantitative estimate of drug-likeness (QED) is 0.816. The Bertz CT molecular complexity index is 521. The SMILES string of the molecule is O=C1CCC(NCc2ccc(N3CCCC3)cc2)C(=O)N1. The molecule has 1 aromatic carbocycles. The van der Waals surface area contributed by atoms with E-state index in [1.807, 2.05) is 0 Å². The molecule has 5 heteroatoms. The van der Waals surface area contributed by atoms with Crippen LogP contribution in [-0.4, -0.2) is 30.9 Å². The molecule has 2 amide bonds. The second kappa shape index (κ2) is 6.26. The lowest BCUT2D eigenvalue weighted by Gasteiger charge is -2.22. The van der Waals surface area contributed by atoms with Crippen LogP contribution >= 0.6 is 0 Å².